The lowest BCUT2D eigenvalue weighted by atomic mass is 10.2. The van der Waals surface area contributed by atoms with Crippen molar-refractivity contribution in [3.8, 4) is 0 Å². The number of hydrogen-bond acceptors (Lipinski definition) is 1. The third-order valence-electron chi connectivity index (χ3n) is 1.82. The highest BCUT2D eigenvalue weighted by molar-refractivity contribution is 7.80. The van der Waals surface area contributed by atoms with Crippen LogP contribution >= 0.6 is 12.2 Å². The fraction of sp³-hybridized carbons (Fsp3) is 0.615. The van der Waals surface area contributed by atoms with Crippen molar-refractivity contribution in [3.63, 3.8) is 0 Å². The molecule has 0 aromatic rings. The first kappa shape index (κ1) is 17.6. The van der Waals surface area contributed by atoms with E-state index in [1.807, 2.05) is 40.7 Å². The van der Waals surface area contributed by atoms with Crippen molar-refractivity contribution in [1.29, 1.82) is 0 Å². The largest absolute Gasteiger partial charge is 0.376 e. The normalized spacial score (nSPS) is 13.7. The molecule has 0 amide bonds. The summed E-state index contributed by atoms with van der Waals surface area (Å²) >= 11 is 4.70. The molecule has 0 radical (unpaired) electrons. The Morgan fingerprint density at radius 2 is 1.75 bits per heavy atom. The Morgan fingerprint density at radius 3 is 2.06 bits per heavy atom. The van der Waals surface area contributed by atoms with Crippen LogP contribution in [0.3, 0.4) is 0 Å². The summed E-state index contributed by atoms with van der Waals surface area (Å²) in [6.45, 7) is 13.9. The van der Waals surface area contributed by atoms with Crippen LogP contribution in [0.5, 0.6) is 0 Å². The smallest absolute Gasteiger partial charge is 0.167 e. The number of nitrogens with one attached hydrogen (secondary N) is 1. The summed E-state index contributed by atoms with van der Waals surface area (Å²) in [5.41, 5.74) is 7.46. The molecule has 0 spiro atoms. The van der Waals surface area contributed by atoms with Crippen LogP contribution in [0.1, 0.15) is 47.5 Å². The molecule has 0 atom stereocenters. The highest BCUT2D eigenvalue weighted by Gasteiger charge is 2.22. The molecule has 3 N–H and O–H groups in total. The lowest BCUT2D eigenvalue weighted by Gasteiger charge is -2.03. The number of hydrogen-bond donors (Lipinski definition) is 2. The van der Waals surface area contributed by atoms with E-state index >= 15 is 0 Å². The van der Waals surface area contributed by atoms with E-state index in [1.54, 1.807) is 0 Å². The summed E-state index contributed by atoms with van der Waals surface area (Å²) in [6, 6.07) is 0. The van der Waals surface area contributed by atoms with Gasteiger partial charge in [-0.15, -0.1) is 0 Å². The summed E-state index contributed by atoms with van der Waals surface area (Å²) in [6.07, 6.45) is 4.56. The van der Waals surface area contributed by atoms with Gasteiger partial charge in [-0.2, -0.15) is 0 Å². The van der Waals surface area contributed by atoms with E-state index in [-0.39, 0.29) is 0 Å². The number of rotatable bonds is 3. The van der Waals surface area contributed by atoms with Gasteiger partial charge in [-0.3, -0.25) is 0 Å². The van der Waals surface area contributed by atoms with Crippen LogP contribution in [0.4, 0.5) is 0 Å². The van der Waals surface area contributed by atoms with E-state index in [0.29, 0.717) is 11.0 Å². The van der Waals surface area contributed by atoms with Gasteiger partial charge in [0.25, 0.3) is 0 Å². The van der Waals surface area contributed by atoms with Gasteiger partial charge in [0.15, 0.2) is 5.11 Å². The zero-order chi connectivity index (χ0) is 13.1. The molecule has 3 heteroatoms. The minimum absolute atomic E-state index is 0.312. The molecule has 1 aliphatic carbocycles. The molecular formula is C13H26N2S. The fourth-order valence-electron chi connectivity index (χ4n) is 1.08. The third kappa shape index (κ3) is 9.71. The van der Waals surface area contributed by atoms with E-state index < -0.39 is 0 Å². The molecule has 0 aromatic carbocycles. The predicted molar refractivity (Wildman–Crippen MR) is 78.2 cm³/mol. The summed E-state index contributed by atoms with van der Waals surface area (Å²) in [5, 5.41) is 3.18. The van der Waals surface area contributed by atoms with Crippen molar-refractivity contribution in [1.82, 2.24) is 5.32 Å². The predicted octanol–water partition coefficient (Wildman–Crippen LogP) is 3.74. The second kappa shape index (κ2) is 10.7. The average molecular weight is 242 g/mol. The molecule has 2 nitrogen and oxygen atoms in total. The Hall–Kier alpha value is -0.830. The topological polar surface area (TPSA) is 38.0 Å². The molecule has 1 rings (SSSR count). The first-order valence-corrected chi connectivity index (χ1v) is 6.44. The Labute approximate surface area is 106 Å². The highest BCUT2D eigenvalue weighted by Crippen LogP contribution is 2.36. The second-order valence-corrected chi connectivity index (χ2v) is 3.61. The first-order chi connectivity index (χ1) is 7.59. The van der Waals surface area contributed by atoms with Crippen LogP contribution in [0.15, 0.2) is 23.9 Å². The van der Waals surface area contributed by atoms with Gasteiger partial charge in [0.1, 0.15) is 0 Å². The van der Waals surface area contributed by atoms with E-state index in [2.05, 4.69) is 11.9 Å². The van der Waals surface area contributed by atoms with Gasteiger partial charge < -0.3 is 11.1 Å². The molecule has 0 aromatic heterocycles. The van der Waals surface area contributed by atoms with Crippen LogP contribution in [0, 0.1) is 5.92 Å². The average Bonchev–Trinajstić information content (AvgIpc) is 3.05. The Kier molecular flexibility index (Phi) is 11.7. The van der Waals surface area contributed by atoms with Crippen LogP contribution in [-0.2, 0) is 0 Å². The third-order valence-corrected chi connectivity index (χ3v) is 1.93. The van der Waals surface area contributed by atoms with E-state index in [0.717, 1.165) is 5.70 Å². The van der Waals surface area contributed by atoms with Gasteiger partial charge in [-0.25, -0.2) is 0 Å². The summed E-state index contributed by atoms with van der Waals surface area (Å²) in [7, 11) is 0. The number of thiocarbonyl (C=S) groups is 1. The van der Waals surface area contributed by atoms with Gasteiger partial charge in [-0.1, -0.05) is 39.8 Å². The monoisotopic (exact) mass is 242 g/mol. The van der Waals surface area contributed by atoms with Gasteiger partial charge in [0.2, 0.25) is 0 Å². The molecule has 0 bridgehead atoms. The van der Waals surface area contributed by atoms with Crippen molar-refractivity contribution < 1.29 is 0 Å². The quantitative estimate of drug-likeness (QED) is 0.585. The van der Waals surface area contributed by atoms with Crippen molar-refractivity contribution in [2.24, 2.45) is 11.7 Å². The zero-order valence-electron chi connectivity index (χ0n) is 11.3. The standard InChI is InChI=1S/C9H14N2S.2C2H6/c1-6(8-3-4-8)5-7(2)11-9(10)12;2*1-2/h5,8H,1,3-4H2,2H3,(H3,10,11,12);2*1-2H3/b7-5+;;. The van der Waals surface area contributed by atoms with E-state index in [9.17, 15) is 0 Å². The molecule has 0 saturated heterocycles. The molecule has 16 heavy (non-hydrogen) atoms. The summed E-state index contributed by atoms with van der Waals surface area (Å²) < 4.78 is 0. The van der Waals surface area contributed by atoms with Gasteiger partial charge in [-0.05, 0) is 44.0 Å². The second-order valence-electron chi connectivity index (χ2n) is 3.17. The first-order valence-electron chi connectivity index (χ1n) is 6.03. The fourth-order valence-corrected chi connectivity index (χ4v) is 1.24. The lowest BCUT2D eigenvalue weighted by Crippen LogP contribution is -2.27. The molecule has 94 valence electrons. The van der Waals surface area contributed by atoms with Crippen LogP contribution < -0.4 is 11.1 Å². The Balaban J connectivity index is 0. The minimum Gasteiger partial charge on any atom is -0.376 e. The van der Waals surface area contributed by atoms with Crippen LogP contribution in [-0.4, -0.2) is 5.11 Å². The summed E-state index contributed by atoms with van der Waals surface area (Å²) in [5.74, 6) is 0.702. The molecule has 1 fully saturated rings. The van der Waals surface area contributed by atoms with Gasteiger partial charge >= 0.3 is 0 Å². The maximum absolute atomic E-state index is 5.31. The molecule has 1 aliphatic rings. The van der Waals surface area contributed by atoms with Crippen molar-refractivity contribution >= 4 is 17.3 Å². The molecule has 1 saturated carbocycles. The lowest BCUT2D eigenvalue weighted by molar-refractivity contribution is 1.03. The number of allylic oxidation sites excluding steroid dienone is 3. The van der Waals surface area contributed by atoms with Crippen molar-refractivity contribution in [2.45, 2.75) is 47.5 Å². The van der Waals surface area contributed by atoms with Gasteiger partial charge in [0, 0.05) is 5.70 Å². The van der Waals surface area contributed by atoms with Gasteiger partial charge in [0.05, 0.1) is 0 Å². The molecule has 0 aliphatic heterocycles. The van der Waals surface area contributed by atoms with Crippen LogP contribution in [0.2, 0.25) is 0 Å². The molecule has 0 unspecified atom stereocenters. The van der Waals surface area contributed by atoms with Crippen LogP contribution in [0.25, 0.3) is 0 Å². The molecular weight excluding hydrogens is 216 g/mol. The SMILES string of the molecule is C=C(/C=C(\C)NC(N)=S)C1CC1.CC.CC. The summed E-state index contributed by atoms with van der Waals surface area (Å²) in [4.78, 5) is 0. The highest BCUT2D eigenvalue weighted by atomic mass is 32.1. The number of nitrogens with two attached hydrogens (primary N) is 1. The maximum atomic E-state index is 5.31. The van der Waals surface area contributed by atoms with Crippen molar-refractivity contribution in [2.75, 3.05) is 0 Å². The van der Waals surface area contributed by atoms with Crippen molar-refractivity contribution in [3.05, 3.63) is 23.9 Å². The van der Waals surface area contributed by atoms with E-state index in [1.165, 1.54) is 18.4 Å². The Morgan fingerprint density at radius 1 is 1.31 bits per heavy atom. The zero-order valence-corrected chi connectivity index (χ0v) is 12.1. The Bertz CT molecular complexity index is 240. The van der Waals surface area contributed by atoms with E-state index in [4.69, 9.17) is 18.0 Å². The molecule has 0 heterocycles. The minimum atomic E-state index is 0.312. The maximum Gasteiger partial charge on any atom is 0.167 e.